The van der Waals surface area contributed by atoms with Crippen LogP contribution in [0, 0.1) is 5.92 Å². The van der Waals surface area contributed by atoms with E-state index in [1.54, 1.807) is 32.9 Å². The molecular formula is C33H47N3O8S. The number of sulfonamides is 1. The molecular weight excluding hydrogens is 598 g/mol. The Kier molecular flexibility index (Phi) is 11.7. The lowest BCUT2D eigenvalue weighted by molar-refractivity contribution is 0.0254. The molecule has 2 aromatic rings. The van der Waals surface area contributed by atoms with Gasteiger partial charge in [-0.25, -0.2) is 18.0 Å². The van der Waals surface area contributed by atoms with Crippen LogP contribution in [0.15, 0.2) is 59.5 Å². The Hall–Kier alpha value is -3.35. The zero-order valence-electron chi connectivity index (χ0n) is 26.7. The minimum Gasteiger partial charge on any atom is -0.497 e. The van der Waals surface area contributed by atoms with Gasteiger partial charge in [-0.15, -0.1) is 0 Å². The molecule has 2 amide bonds. The summed E-state index contributed by atoms with van der Waals surface area (Å²) in [5.74, 6) is 0.726. The van der Waals surface area contributed by atoms with E-state index in [1.807, 2.05) is 30.3 Å². The molecule has 12 heteroatoms. The standard InChI is InChI=1S/C33H47N3O8S/c1-33(2,3)44-32(39)35-19-18-27(22-35)43-31(38)34-29(20-24-10-6-5-7-11-24)30(37)23-36(21-25-12-8-9-13-25)45(40,41)28-16-14-26(42-4)15-17-28/h5-7,10-11,14-17,25,27,29-30,37H,8-9,12-13,18-23H2,1-4H3,(H,34,38)/t27-,29+,30-/m1/s1. The number of rotatable bonds is 12. The molecule has 45 heavy (non-hydrogen) atoms. The van der Waals surface area contributed by atoms with Crippen molar-refractivity contribution >= 4 is 22.2 Å². The predicted octanol–water partition coefficient (Wildman–Crippen LogP) is 4.58. The highest BCUT2D eigenvalue weighted by atomic mass is 32.2. The molecule has 11 nitrogen and oxygen atoms in total. The van der Waals surface area contributed by atoms with Crippen molar-refractivity contribution in [2.75, 3.05) is 33.3 Å². The molecule has 1 aliphatic heterocycles. The number of carbonyl (C=O) groups excluding carboxylic acids is 2. The van der Waals surface area contributed by atoms with Crippen LogP contribution in [0.2, 0.25) is 0 Å². The van der Waals surface area contributed by atoms with Crippen LogP contribution in [0.25, 0.3) is 0 Å². The first-order valence-corrected chi connectivity index (χ1v) is 17.1. The number of benzene rings is 2. The van der Waals surface area contributed by atoms with Crippen LogP contribution in [0.3, 0.4) is 0 Å². The average Bonchev–Trinajstić information content (AvgIpc) is 3.69. The molecule has 248 valence electrons. The van der Waals surface area contributed by atoms with Crippen LogP contribution in [0.5, 0.6) is 5.75 Å². The number of alkyl carbamates (subject to hydrolysis) is 1. The number of amides is 2. The lowest BCUT2D eigenvalue weighted by atomic mass is 10.0. The number of ether oxygens (including phenoxy) is 3. The molecule has 1 saturated heterocycles. The van der Waals surface area contributed by atoms with Gasteiger partial charge in [0.05, 0.1) is 30.7 Å². The van der Waals surface area contributed by atoms with Gasteiger partial charge < -0.3 is 29.5 Å². The second-order valence-corrected chi connectivity index (χ2v) is 14.8. The van der Waals surface area contributed by atoms with Crippen molar-refractivity contribution in [1.29, 1.82) is 0 Å². The Bertz CT molecular complexity index is 1360. The van der Waals surface area contributed by atoms with Crippen molar-refractivity contribution in [2.24, 2.45) is 5.92 Å². The SMILES string of the molecule is COc1ccc(S(=O)(=O)N(CC2CCCC2)C[C@@H](O)[C@H](Cc2ccccc2)NC(=O)O[C@@H]2CCN(C(=O)OC(C)(C)C)C2)cc1. The summed E-state index contributed by atoms with van der Waals surface area (Å²) in [7, 11) is -2.45. The Balaban J connectivity index is 1.48. The number of hydrogen-bond donors (Lipinski definition) is 2. The molecule has 4 rings (SSSR count). The molecule has 0 aromatic heterocycles. The summed E-state index contributed by atoms with van der Waals surface area (Å²) in [6.45, 7) is 6.02. The monoisotopic (exact) mass is 645 g/mol. The van der Waals surface area contributed by atoms with Crippen LogP contribution in [-0.4, -0.2) is 92.1 Å². The maximum atomic E-state index is 13.9. The van der Waals surface area contributed by atoms with Gasteiger partial charge >= 0.3 is 12.2 Å². The van der Waals surface area contributed by atoms with Gasteiger partial charge in [-0.2, -0.15) is 4.31 Å². The topological polar surface area (TPSA) is 135 Å². The largest absolute Gasteiger partial charge is 0.497 e. The summed E-state index contributed by atoms with van der Waals surface area (Å²) in [6, 6.07) is 14.7. The van der Waals surface area contributed by atoms with Crippen LogP contribution in [0.4, 0.5) is 9.59 Å². The summed E-state index contributed by atoms with van der Waals surface area (Å²) in [5.41, 5.74) is 0.222. The highest BCUT2D eigenvalue weighted by Gasteiger charge is 2.35. The molecule has 0 bridgehead atoms. The number of methoxy groups -OCH3 is 1. The number of likely N-dealkylation sites (tertiary alicyclic amines) is 1. The van der Waals surface area contributed by atoms with Crippen molar-refractivity contribution in [1.82, 2.24) is 14.5 Å². The van der Waals surface area contributed by atoms with Crippen molar-refractivity contribution < 1.29 is 37.3 Å². The number of aliphatic hydroxyl groups is 1. The van der Waals surface area contributed by atoms with Crippen molar-refractivity contribution in [3.05, 3.63) is 60.2 Å². The Morgan fingerprint density at radius 1 is 1.04 bits per heavy atom. The Morgan fingerprint density at radius 2 is 1.71 bits per heavy atom. The summed E-state index contributed by atoms with van der Waals surface area (Å²) in [6.07, 6.45) is 1.64. The molecule has 3 atom stereocenters. The van der Waals surface area contributed by atoms with Gasteiger partial charge in [-0.05, 0) is 75.8 Å². The van der Waals surface area contributed by atoms with E-state index >= 15 is 0 Å². The van der Waals surface area contributed by atoms with Crippen molar-refractivity contribution in [3.63, 3.8) is 0 Å². The summed E-state index contributed by atoms with van der Waals surface area (Å²) in [5, 5.41) is 14.4. The molecule has 1 aliphatic carbocycles. The van der Waals surface area contributed by atoms with E-state index in [-0.39, 0.29) is 36.9 Å². The molecule has 2 aliphatic rings. The Morgan fingerprint density at radius 3 is 2.33 bits per heavy atom. The second kappa shape index (κ2) is 15.3. The Labute approximate surface area is 266 Å². The van der Waals surface area contributed by atoms with E-state index in [4.69, 9.17) is 14.2 Å². The number of nitrogens with one attached hydrogen (secondary N) is 1. The number of aliphatic hydroxyl groups excluding tert-OH is 1. The normalized spacial score (nSPS) is 18.9. The van der Waals surface area contributed by atoms with Gasteiger partial charge in [-0.3, -0.25) is 0 Å². The first-order valence-electron chi connectivity index (χ1n) is 15.7. The minimum atomic E-state index is -3.97. The maximum Gasteiger partial charge on any atom is 0.410 e. The number of carbonyl (C=O) groups is 2. The molecule has 2 aromatic carbocycles. The van der Waals surface area contributed by atoms with E-state index in [1.165, 1.54) is 28.4 Å². The lowest BCUT2D eigenvalue weighted by Gasteiger charge is -2.31. The van der Waals surface area contributed by atoms with E-state index in [2.05, 4.69) is 5.32 Å². The van der Waals surface area contributed by atoms with E-state index in [9.17, 15) is 23.1 Å². The number of nitrogens with zero attached hydrogens (tertiary/aromatic N) is 2. The average molecular weight is 646 g/mol. The molecule has 0 radical (unpaired) electrons. The maximum absolute atomic E-state index is 13.9. The summed E-state index contributed by atoms with van der Waals surface area (Å²) < 4.78 is 45.4. The molecule has 2 fully saturated rings. The summed E-state index contributed by atoms with van der Waals surface area (Å²) in [4.78, 5) is 27.2. The van der Waals surface area contributed by atoms with Crippen molar-refractivity contribution in [3.8, 4) is 5.75 Å². The molecule has 2 N–H and O–H groups in total. The third kappa shape index (κ3) is 10.1. The van der Waals surface area contributed by atoms with Crippen molar-refractivity contribution in [2.45, 2.75) is 88.0 Å². The highest BCUT2D eigenvalue weighted by Crippen LogP contribution is 2.29. The molecule has 0 spiro atoms. The fraction of sp³-hybridized carbons (Fsp3) is 0.576. The molecule has 1 heterocycles. The smallest absolute Gasteiger partial charge is 0.410 e. The fourth-order valence-corrected chi connectivity index (χ4v) is 7.32. The van der Waals surface area contributed by atoms with Crippen LogP contribution in [-0.2, 0) is 25.9 Å². The third-order valence-electron chi connectivity index (χ3n) is 8.16. The summed E-state index contributed by atoms with van der Waals surface area (Å²) >= 11 is 0. The fourth-order valence-electron chi connectivity index (χ4n) is 5.79. The first kappa shape index (κ1) is 34.5. The van der Waals surface area contributed by atoms with Gasteiger partial charge in [0.15, 0.2) is 0 Å². The van der Waals surface area contributed by atoms with Gasteiger partial charge in [0, 0.05) is 26.1 Å². The molecule has 1 saturated carbocycles. The first-order chi connectivity index (χ1) is 21.3. The van der Waals surface area contributed by atoms with Crippen LogP contribution >= 0.6 is 0 Å². The molecule has 0 unspecified atom stereocenters. The van der Waals surface area contributed by atoms with Crippen LogP contribution < -0.4 is 10.1 Å². The predicted molar refractivity (Wildman–Crippen MR) is 169 cm³/mol. The zero-order valence-corrected chi connectivity index (χ0v) is 27.5. The van der Waals surface area contributed by atoms with E-state index in [0.29, 0.717) is 18.7 Å². The van der Waals surface area contributed by atoms with Gasteiger partial charge in [0.2, 0.25) is 10.0 Å². The number of hydrogen-bond acceptors (Lipinski definition) is 8. The zero-order chi connectivity index (χ0) is 32.6. The lowest BCUT2D eigenvalue weighted by Crippen LogP contribution is -2.51. The highest BCUT2D eigenvalue weighted by molar-refractivity contribution is 7.89. The van der Waals surface area contributed by atoms with Gasteiger partial charge in [0.1, 0.15) is 17.5 Å². The van der Waals surface area contributed by atoms with E-state index < -0.39 is 46.1 Å². The second-order valence-electron chi connectivity index (χ2n) is 12.9. The van der Waals surface area contributed by atoms with Gasteiger partial charge in [-0.1, -0.05) is 43.2 Å². The van der Waals surface area contributed by atoms with E-state index in [0.717, 1.165) is 31.2 Å². The minimum absolute atomic E-state index is 0.108. The quantitative estimate of drug-likeness (QED) is 0.343. The van der Waals surface area contributed by atoms with Crippen LogP contribution in [0.1, 0.15) is 58.4 Å². The van der Waals surface area contributed by atoms with Gasteiger partial charge in [0.25, 0.3) is 0 Å². The third-order valence-corrected chi connectivity index (χ3v) is 10.0.